The van der Waals surface area contributed by atoms with Crippen molar-refractivity contribution in [2.75, 3.05) is 12.8 Å². The first-order valence-corrected chi connectivity index (χ1v) is 14.9. The van der Waals surface area contributed by atoms with Gasteiger partial charge in [-0.15, -0.1) is 6.42 Å². The largest absolute Gasteiger partial charge is 0.469 e. The fourth-order valence-corrected chi connectivity index (χ4v) is 5.75. The molecule has 1 aliphatic heterocycles. The molecule has 1 saturated heterocycles. The van der Waals surface area contributed by atoms with Crippen LogP contribution in [0.2, 0.25) is 0 Å². The number of carbonyl (C=O) groups excluding carboxylic acids is 1. The third-order valence-electron chi connectivity index (χ3n) is 8.06. The van der Waals surface area contributed by atoms with Crippen molar-refractivity contribution in [3.8, 4) is 12.3 Å². The van der Waals surface area contributed by atoms with E-state index in [4.69, 9.17) is 21.6 Å². The summed E-state index contributed by atoms with van der Waals surface area (Å²) < 4.78 is 26.6. The number of fused-ring (bicyclic) bond motifs is 1. The van der Waals surface area contributed by atoms with E-state index < -0.39 is 35.9 Å². The fourth-order valence-electron chi connectivity index (χ4n) is 5.75. The summed E-state index contributed by atoms with van der Waals surface area (Å²) in [7, 11) is 1.30. The highest BCUT2D eigenvalue weighted by molar-refractivity contribution is 5.81. The monoisotopic (exact) mass is 559 g/mol. The molecule has 0 aliphatic carbocycles. The van der Waals surface area contributed by atoms with Gasteiger partial charge in [0.25, 0.3) is 0 Å². The molecule has 1 unspecified atom stereocenters. The van der Waals surface area contributed by atoms with Gasteiger partial charge in [-0.25, -0.2) is 4.98 Å². The van der Waals surface area contributed by atoms with E-state index in [2.05, 4.69) is 27.8 Å². The predicted octanol–water partition coefficient (Wildman–Crippen LogP) is 5.86. The van der Waals surface area contributed by atoms with Crippen molar-refractivity contribution in [3.05, 3.63) is 12.4 Å². The Labute approximate surface area is 237 Å². The Morgan fingerprint density at radius 2 is 1.73 bits per heavy atom. The minimum atomic E-state index is -1.60. The van der Waals surface area contributed by atoms with Crippen molar-refractivity contribution < 1.29 is 23.8 Å². The summed E-state index contributed by atoms with van der Waals surface area (Å²) in [6, 6.07) is 0. The first kappa shape index (κ1) is 31.8. The molecule has 2 aromatic heterocycles. The number of nitrogens with zero attached hydrogens (tertiary/aromatic N) is 4. The van der Waals surface area contributed by atoms with E-state index in [0.717, 1.165) is 25.7 Å². The number of nitrogen functional groups attached to an aromatic ring is 1. The number of unbranched alkanes of at least 4 members (excludes halogenated alkanes) is 13. The summed E-state index contributed by atoms with van der Waals surface area (Å²) in [6.07, 6.45) is 22.0. The van der Waals surface area contributed by atoms with Crippen molar-refractivity contribution in [2.45, 2.75) is 128 Å². The molecule has 3 N–H and O–H groups in total. The van der Waals surface area contributed by atoms with Gasteiger partial charge in [0.05, 0.1) is 25.5 Å². The number of aromatic nitrogens is 4. The van der Waals surface area contributed by atoms with Gasteiger partial charge in [0.1, 0.15) is 6.23 Å². The molecule has 4 atom stereocenters. The summed E-state index contributed by atoms with van der Waals surface area (Å²) >= 11 is 0. The van der Waals surface area contributed by atoms with E-state index in [0.29, 0.717) is 6.42 Å². The number of halogens is 1. The van der Waals surface area contributed by atoms with Crippen molar-refractivity contribution in [2.24, 2.45) is 5.92 Å². The number of imidazole rings is 1. The van der Waals surface area contributed by atoms with Crippen LogP contribution < -0.4 is 5.73 Å². The minimum Gasteiger partial charge on any atom is -0.469 e. The Hall–Kier alpha value is -2.77. The summed E-state index contributed by atoms with van der Waals surface area (Å²) in [5.41, 5.74) is 4.51. The topological polar surface area (TPSA) is 125 Å². The molecule has 0 saturated carbocycles. The fraction of sp³-hybridized carbons (Fsp3) is 0.733. The lowest BCUT2D eigenvalue weighted by Crippen LogP contribution is -2.49. The Morgan fingerprint density at radius 1 is 1.15 bits per heavy atom. The zero-order valence-electron chi connectivity index (χ0n) is 24.1. The molecular weight excluding hydrogens is 513 g/mol. The van der Waals surface area contributed by atoms with Crippen LogP contribution in [-0.2, 0) is 14.3 Å². The standard InChI is InChI=1S/C30H46FN5O4/c1-4-6-7-8-9-10-11-12-13-14-15-16-17-18-19-22(28(38)39-3)30(5-2)23(37)20-24(40-30)36-21-33-25-26(32)34-29(31)35-27(25)36/h2,21-24,37H,4,6-20H2,1,3H3,(H2,32,34,35)/t22?,23-,24+,30-/m0/s1. The third-order valence-corrected chi connectivity index (χ3v) is 8.06. The molecule has 1 aliphatic rings. The maximum Gasteiger partial charge on any atom is 0.312 e. The van der Waals surface area contributed by atoms with E-state index in [1.807, 2.05) is 0 Å². The normalized spacial score (nSPS) is 21.5. The number of rotatable bonds is 18. The van der Waals surface area contributed by atoms with E-state index in [9.17, 15) is 14.3 Å². The Kier molecular flexibility index (Phi) is 12.6. The molecular formula is C30H46FN5O4. The molecule has 222 valence electrons. The maximum atomic E-state index is 13.9. The lowest BCUT2D eigenvalue weighted by atomic mass is 9.80. The van der Waals surface area contributed by atoms with Crippen LogP contribution in [0.5, 0.6) is 0 Å². The molecule has 1 fully saturated rings. The zero-order chi connectivity index (χ0) is 29.0. The van der Waals surface area contributed by atoms with Crippen LogP contribution in [0, 0.1) is 24.3 Å². The van der Waals surface area contributed by atoms with Crippen LogP contribution in [0.15, 0.2) is 6.33 Å². The first-order chi connectivity index (χ1) is 19.4. The molecule has 0 amide bonds. The third kappa shape index (κ3) is 7.91. The number of aliphatic hydroxyl groups is 1. The highest BCUT2D eigenvalue weighted by atomic mass is 19.1. The van der Waals surface area contributed by atoms with Gasteiger partial charge in [-0.2, -0.15) is 14.4 Å². The van der Waals surface area contributed by atoms with Gasteiger partial charge < -0.3 is 20.3 Å². The van der Waals surface area contributed by atoms with Gasteiger partial charge >= 0.3 is 12.0 Å². The number of terminal acetylenes is 1. The van der Waals surface area contributed by atoms with Crippen molar-refractivity contribution in [3.63, 3.8) is 0 Å². The van der Waals surface area contributed by atoms with Gasteiger partial charge in [0, 0.05) is 6.42 Å². The summed E-state index contributed by atoms with van der Waals surface area (Å²) in [5.74, 6) is 1.08. The second-order valence-electron chi connectivity index (χ2n) is 10.9. The molecule has 0 aromatic carbocycles. The summed E-state index contributed by atoms with van der Waals surface area (Å²) in [5, 5.41) is 11.1. The molecule has 0 radical (unpaired) electrons. The lowest BCUT2D eigenvalue weighted by molar-refractivity contribution is -0.163. The summed E-state index contributed by atoms with van der Waals surface area (Å²) in [4.78, 5) is 24.3. The number of aliphatic hydroxyl groups excluding tert-OH is 1. The summed E-state index contributed by atoms with van der Waals surface area (Å²) in [6.45, 7) is 2.25. The smallest absolute Gasteiger partial charge is 0.312 e. The molecule has 3 heterocycles. The number of anilines is 1. The van der Waals surface area contributed by atoms with E-state index in [-0.39, 0.29) is 23.4 Å². The first-order valence-electron chi connectivity index (χ1n) is 14.9. The van der Waals surface area contributed by atoms with Crippen LogP contribution >= 0.6 is 0 Å². The van der Waals surface area contributed by atoms with Gasteiger partial charge in [0.2, 0.25) is 0 Å². The average molecular weight is 560 g/mol. The zero-order valence-corrected chi connectivity index (χ0v) is 24.1. The quantitative estimate of drug-likeness (QED) is 0.101. The van der Waals surface area contributed by atoms with Crippen molar-refractivity contribution in [1.82, 2.24) is 19.5 Å². The van der Waals surface area contributed by atoms with Crippen LogP contribution in [0.1, 0.15) is 116 Å². The number of ether oxygens (including phenoxy) is 2. The molecule has 3 rings (SSSR count). The second-order valence-corrected chi connectivity index (χ2v) is 10.9. The molecule has 0 bridgehead atoms. The Balaban J connectivity index is 1.49. The molecule has 9 nitrogen and oxygen atoms in total. The van der Waals surface area contributed by atoms with Crippen LogP contribution in [-0.4, -0.2) is 49.4 Å². The van der Waals surface area contributed by atoms with E-state index in [1.54, 1.807) is 0 Å². The Bertz CT molecular complexity index is 1120. The van der Waals surface area contributed by atoms with Crippen LogP contribution in [0.25, 0.3) is 11.2 Å². The average Bonchev–Trinajstić information content (AvgIpc) is 3.51. The second kappa shape index (κ2) is 15.9. The highest BCUT2D eigenvalue weighted by Crippen LogP contribution is 2.44. The lowest BCUT2D eigenvalue weighted by Gasteiger charge is -2.33. The van der Waals surface area contributed by atoms with E-state index in [1.165, 1.54) is 82.2 Å². The SMILES string of the molecule is C#C[C@@]1(C(CCCCCCCCCCCCCCCC)C(=O)OC)O[C@@H](n2cnc3c(N)nc(F)nc32)C[C@@H]1O. The van der Waals surface area contributed by atoms with Crippen molar-refractivity contribution >= 4 is 23.0 Å². The van der Waals surface area contributed by atoms with Gasteiger partial charge in [-0.1, -0.05) is 103 Å². The molecule has 0 spiro atoms. The number of methoxy groups -OCH3 is 1. The predicted molar refractivity (Wildman–Crippen MR) is 152 cm³/mol. The van der Waals surface area contributed by atoms with E-state index >= 15 is 0 Å². The minimum absolute atomic E-state index is 0.0629. The highest BCUT2D eigenvalue weighted by Gasteiger charge is 2.55. The number of hydrogen-bond donors (Lipinski definition) is 2. The van der Waals surface area contributed by atoms with Gasteiger partial charge in [0.15, 0.2) is 22.6 Å². The maximum absolute atomic E-state index is 13.9. The number of esters is 1. The van der Waals surface area contributed by atoms with Crippen molar-refractivity contribution in [1.29, 1.82) is 0 Å². The number of carbonyl (C=O) groups is 1. The Morgan fingerprint density at radius 3 is 2.27 bits per heavy atom. The molecule has 10 heteroatoms. The molecule has 40 heavy (non-hydrogen) atoms. The van der Waals surface area contributed by atoms with Crippen LogP contribution in [0.3, 0.4) is 0 Å². The molecule has 2 aromatic rings. The number of hydrogen-bond acceptors (Lipinski definition) is 8. The van der Waals surface area contributed by atoms with Gasteiger partial charge in [-0.05, 0) is 6.42 Å². The van der Waals surface area contributed by atoms with Crippen LogP contribution in [0.4, 0.5) is 10.2 Å². The number of nitrogens with two attached hydrogens (primary N) is 1. The van der Waals surface area contributed by atoms with Gasteiger partial charge in [-0.3, -0.25) is 9.36 Å².